The van der Waals surface area contributed by atoms with Gasteiger partial charge in [-0.1, -0.05) is 29.4 Å². The first-order valence-corrected chi connectivity index (χ1v) is 10.2. The van der Waals surface area contributed by atoms with Gasteiger partial charge in [0.15, 0.2) is 5.60 Å². The maximum Gasteiger partial charge on any atom is 0.271 e. The Kier molecular flexibility index (Phi) is 5.53. The molecule has 1 saturated heterocycles. The summed E-state index contributed by atoms with van der Waals surface area (Å²) in [4.78, 5) is 39.4. The zero-order chi connectivity index (χ0) is 21.1. The van der Waals surface area contributed by atoms with Crippen LogP contribution in [0.2, 0.25) is 0 Å². The standard InChI is InChI=1S/C23H26N4O3/c1-17-8-3-4-10-19(17)21(28)27-13-7-11-23(16-27)14-20(25-30-23)22(29)26(2)15-18-9-5-6-12-24-18/h3-6,8-10,12H,7,11,13-16H2,1-2H3/t23-/m1/s1. The van der Waals surface area contributed by atoms with Crippen molar-refractivity contribution in [3.8, 4) is 0 Å². The van der Waals surface area contributed by atoms with Crippen LogP contribution >= 0.6 is 0 Å². The summed E-state index contributed by atoms with van der Waals surface area (Å²) in [5.74, 6) is -0.164. The topological polar surface area (TPSA) is 75.1 Å². The third-order valence-electron chi connectivity index (χ3n) is 5.76. The fraction of sp³-hybridized carbons (Fsp3) is 0.391. The quantitative estimate of drug-likeness (QED) is 0.783. The highest BCUT2D eigenvalue weighted by Gasteiger charge is 2.46. The van der Waals surface area contributed by atoms with Gasteiger partial charge in [-0.2, -0.15) is 0 Å². The molecule has 0 N–H and O–H groups in total. The molecule has 0 bridgehead atoms. The first-order valence-electron chi connectivity index (χ1n) is 10.2. The minimum absolute atomic E-state index is 0.00261. The van der Waals surface area contributed by atoms with Gasteiger partial charge in [0.1, 0.15) is 5.71 Å². The van der Waals surface area contributed by atoms with Gasteiger partial charge in [-0.15, -0.1) is 0 Å². The Hall–Kier alpha value is -3.22. The molecule has 0 radical (unpaired) electrons. The molecule has 1 atom stereocenters. The van der Waals surface area contributed by atoms with E-state index in [9.17, 15) is 9.59 Å². The van der Waals surface area contributed by atoms with Crippen LogP contribution in [0.25, 0.3) is 0 Å². The summed E-state index contributed by atoms with van der Waals surface area (Å²) in [6.07, 6.45) is 3.71. The van der Waals surface area contributed by atoms with Crippen molar-refractivity contribution in [2.75, 3.05) is 20.1 Å². The number of oxime groups is 1. The van der Waals surface area contributed by atoms with Gasteiger partial charge in [0.05, 0.1) is 18.8 Å². The summed E-state index contributed by atoms with van der Waals surface area (Å²) in [7, 11) is 1.74. The van der Waals surface area contributed by atoms with Gasteiger partial charge in [0.2, 0.25) is 0 Å². The Morgan fingerprint density at radius 2 is 2.00 bits per heavy atom. The van der Waals surface area contributed by atoms with E-state index >= 15 is 0 Å². The van der Waals surface area contributed by atoms with Crippen LogP contribution in [0.1, 0.15) is 40.9 Å². The monoisotopic (exact) mass is 406 g/mol. The van der Waals surface area contributed by atoms with Crippen molar-refractivity contribution in [1.82, 2.24) is 14.8 Å². The van der Waals surface area contributed by atoms with Gasteiger partial charge in [0, 0.05) is 31.8 Å². The molecule has 4 rings (SSSR count). The van der Waals surface area contributed by atoms with Gasteiger partial charge in [0.25, 0.3) is 11.8 Å². The largest absolute Gasteiger partial charge is 0.386 e. The zero-order valence-electron chi connectivity index (χ0n) is 17.4. The second-order valence-corrected chi connectivity index (χ2v) is 8.12. The second kappa shape index (κ2) is 8.26. The van der Waals surface area contributed by atoms with Gasteiger partial charge >= 0.3 is 0 Å². The highest BCUT2D eigenvalue weighted by Crippen LogP contribution is 2.34. The number of likely N-dealkylation sites (tertiary alicyclic amines) is 1. The van der Waals surface area contributed by atoms with Crippen LogP contribution in [0.5, 0.6) is 0 Å². The summed E-state index contributed by atoms with van der Waals surface area (Å²) in [6.45, 7) is 3.46. The molecule has 3 heterocycles. The highest BCUT2D eigenvalue weighted by atomic mass is 16.7. The van der Waals surface area contributed by atoms with Crippen LogP contribution in [0, 0.1) is 6.92 Å². The fourth-order valence-electron chi connectivity index (χ4n) is 4.14. The number of pyridine rings is 1. The van der Waals surface area contributed by atoms with Crippen molar-refractivity contribution >= 4 is 17.5 Å². The number of amides is 2. The minimum Gasteiger partial charge on any atom is -0.386 e. The molecular formula is C23H26N4O3. The summed E-state index contributed by atoms with van der Waals surface area (Å²) in [6, 6.07) is 13.2. The van der Waals surface area contributed by atoms with Crippen molar-refractivity contribution in [3.05, 3.63) is 65.5 Å². The van der Waals surface area contributed by atoms with E-state index in [-0.39, 0.29) is 11.8 Å². The molecule has 2 aliphatic rings. The SMILES string of the molecule is Cc1ccccc1C(=O)N1CCC[C@@]2(CC(C(=O)N(C)Cc3ccccn3)=NO2)C1. The molecule has 156 valence electrons. The Morgan fingerprint density at radius 3 is 2.77 bits per heavy atom. The predicted octanol–water partition coefficient (Wildman–Crippen LogP) is 2.80. The molecule has 1 spiro atoms. The number of carbonyl (C=O) groups is 2. The lowest BCUT2D eigenvalue weighted by Gasteiger charge is -2.38. The van der Waals surface area contributed by atoms with Crippen LogP contribution in [-0.2, 0) is 16.2 Å². The first-order chi connectivity index (χ1) is 14.5. The molecule has 0 aliphatic carbocycles. The number of piperidine rings is 1. The van der Waals surface area contributed by atoms with Crippen molar-refractivity contribution in [1.29, 1.82) is 0 Å². The Balaban J connectivity index is 1.41. The summed E-state index contributed by atoms with van der Waals surface area (Å²) < 4.78 is 0. The van der Waals surface area contributed by atoms with Crippen molar-refractivity contribution in [2.24, 2.45) is 5.16 Å². The number of benzene rings is 1. The smallest absolute Gasteiger partial charge is 0.271 e. The third-order valence-corrected chi connectivity index (χ3v) is 5.76. The molecule has 7 nitrogen and oxygen atoms in total. The minimum atomic E-state index is -0.618. The average molecular weight is 406 g/mol. The van der Waals surface area contributed by atoms with E-state index in [1.54, 1.807) is 18.1 Å². The molecule has 30 heavy (non-hydrogen) atoms. The number of carbonyl (C=O) groups excluding carboxylic acids is 2. The molecule has 2 aliphatic heterocycles. The van der Waals surface area contributed by atoms with E-state index in [1.807, 2.05) is 54.3 Å². The van der Waals surface area contributed by atoms with Crippen LogP contribution in [0.4, 0.5) is 0 Å². The molecule has 0 saturated carbocycles. The van der Waals surface area contributed by atoms with Gasteiger partial charge in [-0.3, -0.25) is 14.6 Å². The first kappa shape index (κ1) is 20.1. The number of hydrogen-bond acceptors (Lipinski definition) is 5. The van der Waals surface area contributed by atoms with Crippen LogP contribution in [-0.4, -0.2) is 58.0 Å². The van der Waals surface area contributed by atoms with Crippen molar-refractivity contribution in [2.45, 2.75) is 38.3 Å². The van der Waals surface area contributed by atoms with E-state index < -0.39 is 5.60 Å². The maximum absolute atomic E-state index is 13.0. The average Bonchev–Trinajstić information content (AvgIpc) is 3.16. The molecule has 2 aromatic rings. The zero-order valence-corrected chi connectivity index (χ0v) is 17.4. The van der Waals surface area contributed by atoms with Crippen molar-refractivity contribution < 1.29 is 14.4 Å². The van der Waals surface area contributed by atoms with E-state index in [0.717, 1.165) is 24.1 Å². The summed E-state index contributed by atoms with van der Waals surface area (Å²) in [5, 5.41) is 4.13. The van der Waals surface area contributed by atoms with Crippen LogP contribution < -0.4 is 0 Å². The second-order valence-electron chi connectivity index (χ2n) is 8.12. The van der Waals surface area contributed by atoms with Gasteiger partial charge < -0.3 is 14.6 Å². The van der Waals surface area contributed by atoms with Gasteiger partial charge in [-0.25, -0.2) is 0 Å². The Morgan fingerprint density at radius 1 is 1.20 bits per heavy atom. The maximum atomic E-state index is 13.0. The van der Waals surface area contributed by atoms with E-state index in [0.29, 0.717) is 37.3 Å². The normalized spacial score (nSPS) is 20.6. The summed E-state index contributed by atoms with van der Waals surface area (Å²) >= 11 is 0. The lowest BCUT2D eigenvalue weighted by molar-refractivity contribution is -0.123. The number of nitrogens with zero attached hydrogens (tertiary/aromatic N) is 4. The third kappa shape index (κ3) is 4.06. The van der Waals surface area contributed by atoms with E-state index in [2.05, 4.69) is 10.1 Å². The van der Waals surface area contributed by atoms with Crippen molar-refractivity contribution in [3.63, 3.8) is 0 Å². The number of aryl methyl sites for hydroxylation is 1. The lowest BCUT2D eigenvalue weighted by atomic mass is 9.87. The molecule has 1 fully saturated rings. The molecule has 0 unspecified atom stereocenters. The Bertz CT molecular complexity index is 975. The van der Waals surface area contributed by atoms with Crippen LogP contribution in [0.3, 0.4) is 0 Å². The van der Waals surface area contributed by atoms with Gasteiger partial charge in [-0.05, 0) is 43.5 Å². The molecular weight excluding hydrogens is 380 g/mol. The molecule has 1 aromatic heterocycles. The fourth-order valence-corrected chi connectivity index (χ4v) is 4.14. The molecule has 2 amide bonds. The number of hydrogen-bond donors (Lipinski definition) is 0. The van der Waals surface area contributed by atoms with E-state index in [1.165, 1.54) is 0 Å². The number of aromatic nitrogens is 1. The van der Waals surface area contributed by atoms with Crippen LogP contribution in [0.15, 0.2) is 53.8 Å². The number of rotatable bonds is 4. The Labute approximate surface area is 176 Å². The lowest BCUT2D eigenvalue weighted by Crippen LogP contribution is -2.51. The molecule has 7 heteroatoms. The summed E-state index contributed by atoms with van der Waals surface area (Å²) in [5.41, 5.74) is 2.26. The molecule has 1 aromatic carbocycles. The predicted molar refractivity (Wildman–Crippen MR) is 113 cm³/mol. The van der Waals surface area contributed by atoms with E-state index in [4.69, 9.17) is 4.84 Å². The highest BCUT2D eigenvalue weighted by molar-refractivity contribution is 6.39.